The lowest BCUT2D eigenvalue weighted by atomic mass is 9.77. The maximum absolute atomic E-state index is 10.0. The molecule has 0 aliphatic carbocycles. The zero-order chi connectivity index (χ0) is 10.5. The molecule has 0 spiro atoms. The summed E-state index contributed by atoms with van der Waals surface area (Å²) in [6.45, 7) is 5.94. The molecule has 2 N–H and O–H groups in total. The Balaban J connectivity index is 2.37. The Morgan fingerprint density at radius 1 is 1.50 bits per heavy atom. The van der Waals surface area contributed by atoms with Crippen LogP contribution in [0.2, 0.25) is 0 Å². The van der Waals surface area contributed by atoms with Gasteiger partial charge in [0.2, 0.25) is 0 Å². The highest BCUT2D eigenvalue weighted by atomic mass is 16.5. The molecule has 3 heteroatoms. The molecule has 2 bridgehead atoms. The molecule has 0 aromatic rings. The van der Waals surface area contributed by atoms with Crippen LogP contribution in [0.15, 0.2) is 11.6 Å². The fraction of sp³-hybridized carbons (Fsp3) is 0.818. The fourth-order valence-electron chi connectivity index (χ4n) is 2.60. The fourth-order valence-corrected chi connectivity index (χ4v) is 2.60. The van der Waals surface area contributed by atoms with E-state index in [2.05, 4.69) is 0 Å². The van der Waals surface area contributed by atoms with Gasteiger partial charge in [0.15, 0.2) is 0 Å². The van der Waals surface area contributed by atoms with E-state index in [0.29, 0.717) is 0 Å². The summed E-state index contributed by atoms with van der Waals surface area (Å²) in [6, 6.07) is 0. The molecular formula is C11H18O3. The van der Waals surface area contributed by atoms with Crippen molar-refractivity contribution in [3.63, 3.8) is 0 Å². The Labute approximate surface area is 84.4 Å². The van der Waals surface area contributed by atoms with Crippen molar-refractivity contribution in [2.75, 3.05) is 6.61 Å². The van der Waals surface area contributed by atoms with Crippen molar-refractivity contribution in [1.82, 2.24) is 0 Å². The van der Waals surface area contributed by atoms with Gasteiger partial charge in [0.05, 0.1) is 24.4 Å². The van der Waals surface area contributed by atoms with Crippen molar-refractivity contribution in [3.05, 3.63) is 11.6 Å². The van der Waals surface area contributed by atoms with E-state index < -0.39 is 5.60 Å². The lowest BCUT2D eigenvalue weighted by Gasteiger charge is -2.44. The summed E-state index contributed by atoms with van der Waals surface area (Å²) in [4.78, 5) is 0. The predicted molar refractivity (Wildman–Crippen MR) is 52.8 cm³/mol. The average Bonchev–Trinajstić information content (AvgIpc) is 2.49. The third-order valence-electron chi connectivity index (χ3n) is 3.99. The van der Waals surface area contributed by atoms with Gasteiger partial charge in [-0.3, -0.25) is 0 Å². The molecule has 2 heterocycles. The predicted octanol–water partition coefficient (Wildman–Crippen LogP) is 0.709. The molecule has 2 aliphatic heterocycles. The average molecular weight is 198 g/mol. The van der Waals surface area contributed by atoms with Gasteiger partial charge in [-0.25, -0.2) is 0 Å². The van der Waals surface area contributed by atoms with Crippen LogP contribution >= 0.6 is 0 Å². The molecule has 2 aliphatic rings. The number of rotatable bonds is 1. The number of hydrogen-bond acceptors (Lipinski definition) is 3. The minimum absolute atomic E-state index is 0.0246. The van der Waals surface area contributed by atoms with E-state index in [-0.39, 0.29) is 30.7 Å². The second-order valence-corrected chi connectivity index (χ2v) is 4.68. The molecule has 0 saturated carbocycles. The SMILES string of the molecule is C[C@H]1[C@@H](O)[C@@H](C)[C@]2(C)O[C@H]1C=C2CO. The summed E-state index contributed by atoms with van der Waals surface area (Å²) in [5, 5.41) is 19.2. The number of fused-ring (bicyclic) bond motifs is 2. The lowest BCUT2D eigenvalue weighted by molar-refractivity contribution is -0.168. The van der Waals surface area contributed by atoms with E-state index in [0.717, 1.165) is 5.57 Å². The van der Waals surface area contributed by atoms with E-state index in [4.69, 9.17) is 4.74 Å². The monoisotopic (exact) mass is 198 g/mol. The van der Waals surface area contributed by atoms with Crippen LogP contribution in [-0.4, -0.2) is 34.6 Å². The third kappa shape index (κ3) is 1.09. The van der Waals surface area contributed by atoms with Crippen LogP contribution in [0, 0.1) is 11.8 Å². The molecule has 0 aromatic carbocycles. The molecule has 0 radical (unpaired) electrons. The Kier molecular flexibility index (Phi) is 2.21. The van der Waals surface area contributed by atoms with Crippen molar-refractivity contribution in [2.45, 2.75) is 38.6 Å². The first kappa shape index (κ1) is 10.1. The maximum atomic E-state index is 10.0. The Bertz CT molecular complexity index is 274. The number of aliphatic hydroxyl groups excluding tert-OH is 2. The zero-order valence-corrected chi connectivity index (χ0v) is 8.90. The molecule has 1 fully saturated rings. The van der Waals surface area contributed by atoms with E-state index >= 15 is 0 Å². The highest BCUT2D eigenvalue weighted by Crippen LogP contribution is 2.46. The van der Waals surface area contributed by atoms with Crippen LogP contribution in [-0.2, 0) is 4.74 Å². The first-order chi connectivity index (χ1) is 6.50. The Morgan fingerprint density at radius 3 is 2.71 bits per heavy atom. The van der Waals surface area contributed by atoms with Gasteiger partial charge in [-0.05, 0) is 12.5 Å². The van der Waals surface area contributed by atoms with E-state index in [1.807, 2.05) is 26.8 Å². The summed E-state index contributed by atoms with van der Waals surface area (Å²) in [5.74, 6) is 0.150. The van der Waals surface area contributed by atoms with Crippen molar-refractivity contribution < 1.29 is 14.9 Å². The summed E-state index contributed by atoms with van der Waals surface area (Å²) in [7, 11) is 0. The normalized spacial score (nSPS) is 51.9. The summed E-state index contributed by atoms with van der Waals surface area (Å²) in [6.07, 6.45) is 1.59. The second kappa shape index (κ2) is 3.05. The van der Waals surface area contributed by atoms with E-state index in [1.54, 1.807) is 0 Å². The minimum Gasteiger partial charge on any atom is -0.392 e. The molecular weight excluding hydrogens is 180 g/mol. The van der Waals surface area contributed by atoms with Crippen LogP contribution < -0.4 is 0 Å². The van der Waals surface area contributed by atoms with Gasteiger partial charge >= 0.3 is 0 Å². The number of hydrogen-bond donors (Lipinski definition) is 2. The highest BCUT2D eigenvalue weighted by Gasteiger charge is 2.52. The number of ether oxygens (including phenoxy) is 1. The maximum Gasteiger partial charge on any atom is 0.0944 e. The van der Waals surface area contributed by atoms with Crippen LogP contribution in [0.4, 0.5) is 0 Å². The lowest BCUT2D eigenvalue weighted by Crippen LogP contribution is -2.52. The van der Waals surface area contributed by atoms with Gasteiger partial charge in [-0.2, -0.15) is 0 Å². The number of aliphatic hydroxyl groups is 2. The van der Waals surface area contributed by atoms with Gasteiger partial charge in [0, 0.05) is 11.8 Å². The molecule has 0 unspecified atom stereocenters. The van der Waals surface area contributed by atoms with Gasteiger partial charge < -0.3 is 14.9 Å². The van der Waals surface area contributed by atoms with Gasteiger partial charge in [0.25, 0.3) is 0 Å². The second-order valence-electron chi connectivity index (χ2n) is 4.68. The first-order valence-corrected chi connectivity index (χ1v) is 5.18. The van der Waals surface area contributed by atoms with Gasteiger partial charge in [-0.15, -0.1) is 0 Å². The molecule has 2 rings (SSSR count). The van der Waals surface area contributed by atoms with E-state index in [9.17, 15) is 10.2 Å². The molecule has 1 saturated heterocycles. The van der Waals surface area contributed by atoms with Crippen LogP contribution in [0.5, 0.6) is 0 Å². The topological polar surface area (TPSA) is 49.7 Å². The van der Waals surface area contributed by atoms with Crippen LogP contribution in [0.3, 0.4) is 0 Å². The van der Waals surface area contributed by atoms with Crippen molar-refractivity contribution >= 4 is 0 Å². The van der Waals surface area contributed by atoms with Crippen molar-refractivity contribution in [1.29, 1.82) is 0 Å². The van der Waals surface area contributed by atoms with Crippen LogP contribution in [0.1, 0.15) is 20.8 Å². The Hall–Kier alpha value is -0.380. The summed E-state index contributed by atoms with van der Waals surface area (Å²) < 4.78 is 5.87. The van der Waals surface area contributed by atoms with Gasteiger partial charge in [0.1, 0.15) is 0 Å². The third-order valence-corrected chi connectivity index (χ3v) is 3.99. The van der Waals surface area contributed by atoms with Gasteiger partial charge in [-0.1, -0.05) is 19.9 Å². The quantitative estimate of drug-likeness (QED) is 0.610. The molecule has 0 amide bonds. The summed E-state index contributed by atoms with van der Waals surface area (Å²) in [5.41, 5.74) is 0.448. The minimum atomic E-state index is -0.467. The molecule has 5 atom stereocenters. The molecule has 0 aromatic heterocycles. The van der Waals surface area contributed by atoms with Crippen molar-refractivity contribution in [2.24, 2.45) is 11.8 Å². The Morgan fingerprint density at radius 2 is 2.14 bits per heavy atom. The standard InChI is InChI=1S/C11H18O3/c1-6-9-4-8(5-12)11(3,14-9)7(2)10(6)13/h4,6-7,9-10,12-13H,5H2,1-3H3/t6-,7-,9+,10-,11+/m1/s1. The molecule has 80 valence electrons. The summed E-state index contributed by atoms with van der Waals surface area (Å²) >= 11 is 0. The zero-order valence-electron chi connectivity index (χ0n) is 8.90. The molecule has 14 heavy (non-hydrogen) atoms. The van der Waals surface area contributed by atoms with Crippen LogP contribution in [0.25, 0.3) is 0 Å². The van der Waals surface area contributed by atoms with E-state index in [1.165, 1.54) is 0 Å². The highest BCUT2D eigenvalue weighted by molar-refractivity contribution is 5.29. The first-order valence-electron chi connectivity index (χ1n) is 5.18. The largest absolute Gasteiger partial charge is 0.392 e. The van der Waals surface area contributed by atoms with Crippen molar-refractivity contribution in [3.8, 4) is 0 Å². The smallest absolute Gasteiger partial charge is 0.0944 e. The molecule has 3 nitrogen and oxygen atoms in total.